The first-order valence-corrected chi connectivity index (χ1v) is 6.84. The average Bonchev–Trinajstić information content (AvgIpc) is 2.79. The van der Waals surface area contributed by atoms with E-state index in [2.05, 4.69) is 15.0 Å². The molecule has 0 unspecified atom stereocenters. The fourth-order valence-corrected chi connectivity index (χ4v) is 2.73. The number of ether oxygens (including phenoxy) is 2. The molecule has 0 bridgehead atoms. The number of nitrogens with one attached hydrogen (secondary N) is 1. The number of methoxy groups -OCH3 is 2. The van der Waals surface area contributed by atoms with Crippen molar-refractivity contribution in [2.45, 2.75) is 13.8 Å². The second-order valence-corrected chi connectivity index (χ2v) is 5.25. The van der Waals surface area contributed by atoms with Gasteiger partial charge in [0.25, 0.3) is 0 Å². The van der Waals surface area contributed by atoms with Crippen molar-refractivity contribution >= 4 is 22.4 Å². The van der Waals surface area contributed by atoms with Crippen LogP contribution in [0, 0.1) is 13.8 Å². The molecule has 1 N–H and O–H groups in total. The molecule has 5 nitrogen and oxygen atoms in total. The van der Waals surface area contributed by atoms with E-state index in [0.717, 1.165) is 27.6 Å². The van der Waals surface area contributed by atoms with Crippen LogP contribution >= 0.6 is 11.3 Å². The number of amides is 1. The van der Waals surface area contributed by atoms with Crippen LogP contribution in [0.4, 0.5) is 9.80 Å². The van der Waals surface area contributed by atoms with Crippen LogP contribution in [0.2, 0.25) is 0 Å². The lowest BCUT2D eigenvalue weighted by Gasteiger charge is -2.06. The van der Waals surface area contributed by atoms with Gasteiger partial charge in [0.05, 0.1) is 25.5 Å². The van der Waals surface area contributed by atoms with Crippen LogP contribution in [0.25, 0.3) is 10.6 Å². The molecule has 0 saturated carbocycles. The maximum Gasteiger partial charge on any atom is 0.412 e. The SMILES string of the molecule is COC(=O)Nc1sc(-c2ccc(C)cc2OC)nc1C. The number of carbonyl (C=O) groups is 1. The zero-order valence-electron chi connectivity index (χ0n) is 11.8. The number of anilines is 1. The second-order valence-electron chi connectivity index (χ2n) is 4.25. The number of nitrogens with zero attached hydrogens (tertiary/aromatic N) is 1. The minimum absolute atomic E-state index is 0.501. The predicted octanol–water partition coefficient (Wildman–Crippen LogP) is 3.61. The molecular formula is C14H16N2O3S. The number of carbonyl (C=O) groups excluding carboxylic acids is 1. The first-order chi connectivity index (χ1) is 9.55. The minimum atomic E-state index is -0.501. The van der Waals surface area contributed by atoms with E-state index in [0.29, 0.717) is 5.00 Å². The van der Waals surface area contributed by atoms with E-state index in [-0.39, 0.29) is 0 Å². The molecule has 0 saturated heterocycles. The third kappa shape index (κ3) is 2.91. The highest BCUT2D eigenvalue weighted by Crippen LogP contribution is 2.37. The Hall–Kier alpha value is -2.08. The van der Waals surface area contributed by atoms with Gasteiger partial charge < -0.3 is 9.47 Å². The van der Waals surface area contributed by atoms with Gasteiger partial charge in [-0.15, -0.1) is 0 Å². The maximum absolute atomic E-state index is 11.3. The molecular weight excluding hydrogens is 276 g/mol. The van der Waals surface area contributed by atoms with Crippen molar-refractivity contribution in [3.63, 3.8) is 0 Å². The zero-order valence-corrected chi connectivity index (χ0v) is 12.6. The molecule has 0 aliphatic rings. The van der Waals surface area contributed by atoms with Gasteiger partial charge >= 0.3 is 6.09 Å². The highest BCUT2D eigenvalue weighted by molar-refractivity contribution is 7.19. The van der Waals surface area contributed by atoms with E-state index in [4.69, 9.17) is 4.74 Å². The molecule has 106 valence electrons. The summed E-state index contributed by atoms with van der Waals surface area (Å²) in [4.78, 5) is 15.7. The molecule has 0 spiro atoms. The van der Waals surface area contributed by atoms with Gasteiger partial charge in [0.2, 0.25) is 0 Å². The summed E-state index contributed by atoms with van der Waals surface area (Å²) in [6.07, 6.45) is -0.501. The number of hydrogen-bond donors (Lipinski definition) is 1. The lowest BCUT2D eigenvalue weighted by atomic mass is 10.1. The number of hydrogen-bond acceptors (Lipinski definition) is 5. The third-order valence-electron chi connectivity index (χ3n) is 2.79. The minimum Gasteiger partial charge on any atom is -0.496 e. The average molecular weight is 292 g/mol. The Balaban J connectivity index is 2.39. The summed E-state index contributed by atoms with van der Waals surface area (Å²) in [5.41, 5.74) is 2.77. The summed E-state index contributed by atoms with van der Waals surface area (Å²) in [5, 5.41) is 4.13. The zero-order chi connectivity index (χ0) is 14.7. The quantitative estimate of drug-likeness (QED) is 0.938. The Morgan fingerprint density at radius 1 is 1.30 bits per heavy atom. The van der Waals surface area contributed by atoms with Crippen molar-refractivity contribution in [3.8, 4) is 16.3 Å². The van der Waals surface area contributed by atoms with Crippen molar-refractivity contribution in [2.24, 2.45) is 0 Å². The third-order valence-corrected chi connectivity index (χ3v) is 3.89. The summed E-state index contributed by atoms with van der Waals surface area (Å²) in [6.45, 7) is 3.84. The van der Waals surface area contributed by atoms with Crippen molar-refractivity contribution in [1.82, 2.24) is 4.98 Å². The largest absolute Gasteiger partial charge is 0.496 e. The first kappa shape index (κ1) is 14.3. The molecule has 0 atom stereocenters. The predicted molar refractivity (Wildman–Crippen MR) is 79.6 cm³/mol. The summed E-state index contributed by atoms with van der Waals surface area (Å²) < 4.78 is 9.98. The molecule has 0 radical (unpaired) electrons. The van der Waals surface area contributed by atoms with Crippen LogP contribution < -0.4 is 10.1 Å². The number of thiazole rings is 1. The van der Waals surface area contributed by atoms with Crippen molar-refractivity contribution in [3.05, 3.63) is 29.5 Å². The van der Waals surface area contributed by atoms with Gasteiger partial charge in [-0.1, -0.05) is 17.4 Å². The van der Waals surface area contributed by atoms with Crippen molar-refractivity contribution in [2.75, 3.05) is 19.5 Å². The number of aromatic nitrogens is 1. The first-order valence-electron chi connectivity index (χ1n) is 6.02. The molecule has 0 fully saturated rings. The normalized spacial score (nSPS) is 10.2. The van der Waals surface area contributed by atoms with E-state index in [1.165, 1.54) is 18.4 Å². The monoisotopic (exact) mass is 292 g/mol. The fraction of sp³-hybridized carbons (Fsp3) is 0.286. The Morgan fingerprint density at radius 2 is 2.05 bits per heavy atom. The molecule has 2 aromatic rings. The standard InChI is InChI=1S/C14H16N2O3S/c1-8-5-6-10(11(7-8)18-3)13-15-9(2)12(20-13)16-14(17)19-4/h5-7H,1-4H3,(H,16,17). The molecule has 0 aliphatic carbocycles. The number of rotatable bonds is 3. The maximum atomic E-state index is 11.3. The number of aryl methyl sites for hydroxylation is 2. The lowest BCUT2D eigenvalue weighted by Crippen LogP contribution is -2.10. The summed E-state index contributed by atoms with van der Waals surface area (Å²) in [7, 11) is 2.96. The summed E-state index contributed by atoms with van der Waals surface area (Å²) in [6, 6.07) is 5.93. The van der Waals surface area contributed by atoms with Crippen molar-refractivity contribution in [1.29, 1.82) is 0 Å². The van der Waals surface area contributed by atoms with E-state index in [1.807, 2.05) is 32.0 Å². The van der Waals surface area contributed by atoms with E-state index in [1.54, 1.807) is 7.11 Å². The Kier molecular flexibility index (Phi) is 4.24. The smallest absolute Gasteiger partial charge is 0.412 e. The van der Waals surface area contributed by atoms with Gasteiger partial charge in [-0.25, -0.2) is 9.78 Å². The Morgan fingerprint density at radius 3 is 2.70 bits per heavy atom. The van der Waals surface area contributed by atoms with Gasteiger partial charge in [0, 0.05) is 0 Å². The molecule has 2 rings (SSSR count). The van der Waals surface area contributed by atoms with Gasteiger partial charge in [0.1, 0.15) is 15.8 Å². The Bertz CT molecular complexity index is 637. The Labute approximate surface area is 121 Å². The topological polar surface area (TPSA) is 60.5 Å². The molecule has 0 aliphatic heterocycles. The van der Waals surface area contributed by atoms with Crippen LogP contribution in [0.3, 0.4) is 0 Å². The highest BCUT2D eigenvalue weighted by atomic mass is 32.1. The van der Waals surface area contributed by atoms with Gasteiger partial charge in [0.15, 0.2) is 0 Å². The van der Waals surface area contributed by atoms with Gasteiger partial charge in [-0.05, 0) is 31.5 Å². The molecule has 20 heavy (non-hydrogen) atoms. The van der Waals surface area contributed by atoms with Crippen LogP contribution in [-0.4, -0.2) is 25.3 Å². The van der Waals surface area contributed by atoms with Crippen LogP contribution in [0.1, 0.15) is 11.3 Å². The van der Waals surface area contributed by atoms with Gasteiger partial charge in [-0.3, -0.25) is 5.32 Å². The highest BCUT2D eigenvalue weighted by Gasteiger charge is 2.15. The molecule has 1 amide bonds. The van der Waals surface area contributed by atoms with E-state index in [9.17, 15) is 4.79 Å². The molecule has 6 heteroatoms. The van der Waals surface area contributed by atoms with Crippen LogP contribution in [0.5, 0.6) is 5.75 Å². The van der Waals surface area contributed by atoms with Gasteiger partial charge in [-0.2, -0.15) is 0 Å². The van der Waals surface area contributed by atoms with Crippen LogP contribution in [0.15, 0.2) is 18.2 Å². The van der Waals surface area contributed by atoms with E-state index >= 15 is 0 Å². The lowest BCUT2D eigenvalue weighted by molar-refractivity contribution is 0.187. The fourth-order valence-electron chi connectivity index (χ4n) is 1.75. The molecule has 1 aromatic heterocycles. The van der Waals surface area contributed by atoms with E-state index < -0.39 is 6.09 Å². The molecule has 1 heterocycles. The number of benzene rings is 1. The van der Waals surface area contributed by atoms with Crippen molar-refractivity contribution < 1.29 is 14.3 Å². The van der Waals surface area contributed by atoms with Crippen LogP contribution in [-0.2, 0) is 4.74 Å². The summed E-state index contributed by atoms with van der Waals surface area (Å²) in [5.74, 6) is 0.767. The summed E-state index contributed by atoms with van der Waals surface area (Å²) >= 11 is 1.39. The molecule has 1 aromatic carbocycles. The second kappa shape index (κ2) is 5.92.